The van der Waals surface area contributed by atoms with Crippen molar-refractivity contribution in [2.45, 2.75) is 6.92 Å². The molecule has 0 atom stereocenters. The average Bonchev–Trinajstić information content (AvgIpc) is 2.41. The first-order valence-corrected chi connectivity index (χ1v) is 5.50. The lowest BCUT2D eigenvalue weighted by Crippen LogP contribution is -2.13. The normalized spacial score (nSPS) is 9.89. The molecule has 1 heterocycles. The molecular formula is C14H10N2O3. The molecule has 0 unspecified atom stereocenters. The van der Waals surface area contributed by atoms with Crippen LogP contribution in [0.1, 0.15) is 27.0 Å². The van der Waals surface area contributed by atoms with Crippen molar-refractivity contribution in [1.82, 2.24) is 4.98 Å². The molecule has 2 rings (SSSR count). The van der Waals surface area contributed by atoms with Crippen LogP contribution in [0.4, 0.5) is 0 Å². The van der Waals surface area contributed by atoms with E-state index in [0.29, 0.717) is 0 Å². The van der Waals surface area contributed by atoms with Gasteiger partial charge in [0, 0.05) is 11.8 Å². The molecule has 0 radical (unpaired) electrons. The second-order valence-electron chi connectivity index (χ2n) is 4.09. The zero-order valence-corrected chi connectivity index (χ0v) is 10.1. The Labute approximate surface area is 108 Å². The molecule has 0 spiro atoms. The van der Waals surface area contributed by atoms with E-state index in [9.17, 15) is 14.7 Å². The summed E-state index contributed by atoms with van der Waals surface area (Å²) in [4.78, 5) is 25.8. The first-order valence-electron chi connectivity index (χ1n) is 5.50. The van der Waals surface area contributed by atoms with E-state index in [0.717, 1.165) is 5.56 Å². The monoisotopic (exact) mass is 254 g/mol. The van der Waals surface area contributed by atoms with Gasteiger partial charge in [0.25, 0.3) is 5.56 Å². The number of phenols is 1. The molecule has 5 nitrogen and oxygen atoms in total. The number of phenolic OH excluding ortho intramolecular Hbond substituents is 1. The Kier molecular flexibility index (Phi) is 3.17. The highest BCUT2D eigenvalue weighted by atomic mass is 16.3. The molecule has 0 amide bonds. The van der Waals surface area contributed by atoms with Crippen LogP contribution >= 0.6 is 0 Å². The van der Waals surface area contributed by atoms with E-state index in [1.807, 2.05) is 0 Å². The number of carbonyl (C=O) groups excluding carboxylic acids is 1. The third kappa shape index (κ3) is 2.38. The number of aromatic nitrogens is 1. The van der Waals surface area contributed by atoms with Crippen molar-refractivity contribution < 1.29 is 9.90 Å². The first kappa shape index (κ1) is 12.6. The van der Waals surface area contributed by atoms with Gasteiger partial charge in [-0.05, 0) is 25.1 Å². The third-order valence-corrected chi connectivity index (χ3v) is 2.68. The molecule has 94 valence electrons. The van der Waals surface area contributed by atoms with E-state index in [4.69, 9.17) is 5.26 Å². The van der Waals surface area contributed by atoms with Crippen LogP contribution in [0.5, 0.6) is 5.75 Å². The lowest BCUT2D eigenvalue weighted by Gasteiger charge is -2.05. The number of nitrogens with one attached hydrogen (secondary N) is 1. The van der Waals surface area contributed by atoms with Crippen LogP contribution in [-0.4, -0.2) is 15.9 Å². The van der Waals surface area contributed by atoms with Gasteiger partial charge in [-0.3, -0.25) is 9.59 Å². The van der Waals surface area contributed by atoms with Crippen molar-refractivity contribution in [2.75, 3.05) is 0 Å². The second-order valence-corrected chi connectivity index (χ2v) is 4.09. The highest BCUT2D eigenvalue weighted by Gasteiger charge is 2.15. The number of nitrogens with zero attached hydrogens (tertiary/aromatic N) is 1. The molecule has 0 aliphatic carbocycles. The van der Waals surface area contributed by atoms with Crippen LogP contribution in [0.25, 0.3) is 0 Å². The number of ketones is 1. The maximum Gasteiger partial charge on any atom is 0.265 e. The minimum Gasteiger partial charge on any atom is -0.507 e. The number of aromatic amines is 1. The number of rotatable bonds is 2. The summed E-state index contributed by atoms with van der Waals surface area (Å²) in [7, 11) is 0. The van der Waals surface area contributed by atoms with Crippen LogP contribution < -0.4 is 5.56 Å². The van der Waals surface area contributed by atoms with Crippen LogP contribution in [0, 0.1) is 18.3 Å². The van der Waals surface area contributed by atoms with Crippen molar-refractivity contribution in [3.05, 3.63) is 63.1 Å². The van der Waals surface area contributed by atoms with Crippen molar-refractivity contribution in [1.29, 1.82) is 5.26 Å². The zero-order valence-electron chi connectivity index (χ0n) is 10.1. The van der Waals surface area contributed by atoms with E-state index in [1.165, 1.54) is 18.3 Å². The van der Waals surface area contributed by atoms with Crippen LogP contribution in [0.15, 0.2) is 35.3 Å². The van der Waals surface area contributed by atoms with Gasteiger partial charge in [0.05, 0.1) is 5.56 Å². The molecule has 0 saturated heterocycles. The van der Waals surface area contributed by atoms with Crippen molar-refractivity contribution in [2.24, 2.45) is 0 Å². The average molecular weight is 254 g/mol. The van der Waals surface area contributed by atoms with Crippen molar-refractivity contribution >= 4 is 5.78 Å². The van der Waals surface area contributed by atoms with Gasteiger partial charge < -0.3 is 10.1 Å². The van der Waals surface area contributed by atoms with Gasteiger partial charge in [0.15, 0.2) is 5.78 Å². The van der Waals surface area contributed by atoms with Gasteiger partial charge >= 0.3 is 0 Å². The molecule has 5 heteroatoms. The van der Waals surface area contributed by atoms with E-state index in [2.05, 4.69) is 4.98 Å². The van der Waals surface area contributed by atoms with Crippen molar-refractivity contribution in [3.8, 4) is 11.8 Å². The first-order chi connectivity index (χ1) is 9.02. The lowest BCUT2D eigenvalue weighted by atomic mass is 10.0. The largest absolute Gasteiger partial charge is 0.507 e. The number of H-pyrrole nitrogens is 1. The van der Waals surface area contributed by atoms with E-state index in [-0.39, 0.29) is 22.4 Å². The standard InChI is InChI=1S/C14H10N2O3/c1-8-2-3-12(17)11(4-8)13(18)10-5-9(6-15)14(19)16-7-10/h2-5,7,17H,1H3,(H,16,19). The smallest absolute Gasteiger partial charge is 0.265 e. The van der Waals surface area contributed by atoms with Crippen LogP contribution in [0.2, 0.25) is 0 Å². The second kappa shape index (κ2) is 4.78. The van der Waals surface area contributed by atoms with E-state index >= 15 is 0 Å². The molecule has 0 fully saturated rings. The van der Waals surface area contributed by atoms with Gasteiger partial charge in [-0.25, -0.2) is 0 Å². The van der Waals surface area contributed by atoms with Gasteiger partial charge in [-0.2, -0.15) is 5.26 Å². The molecule has 0 aliphatic heterocycles. The Hall–Kier alpha value is -2.87. The number of benzene rings is 1. The van der Waals surface area contributed by atoms with Crippen molar-refractivity contribution in [3.63, 3.8) is 0 Å². The molecule has 1 aromatic carbocycles. The Morgan fingerprint density at radius 1 is 1.37 bits per heavy atom. The summed E-state index contributed by atoms with van der Waals surface area (Å²) in [5.41, 5.74) is 0.421. The number of carbonyl (C=O) groups is 1. The number of hydrogen-bond acceptors (Lipinski definition) is 4. The molecule has 2 N–H and O–H groups in total. The molecule has 1 aromatic heterocycles. The summed E-state index contributed by atoms with van der Waals surface area (Å²) in [5.74, 6) is -0.589. The summed E-state index contributed by atoms with van der Waals surface area (Å²) in [6.07, 6.45) is 1.23. The number of aromatic hydroxyl groups is 1. The number of hydrogen-bond donors (Lipinski definition) is 2. The molecule has 19 heavy (non-hydrogen) atoms. The predicted octanol–water partition coefficient (Wildman–Crippen LogP) is 1.49. The van der Waals surface area contributed by atoms with Crippen LogP contribution in [-0.2, 0) is 0 Å². The summed E-state index contributed by atoms with van der Waals surface area (Å²) >= 11 is 0. The van der Waals surface area contributed by atoms with Gasteiger partial charge in [0.2, 0.25) is 0 Å². The van der Waals surface area contributed by atoms with Gasteiger partial charge in [0.1, 0.15) is 17.4 Å². The molecule has 2 aromatic rings. The highest BCUT2D eigenvalue weighted by Crippen LogP contribution is 2.21. The lowest BCUT2D eigenvalue weighted by molar-refractivity contribution is 0.103. The fraction of sp³-hybridized carbons (Fsp3) is 0.0714. The van der Waals surface area contributed by atoms with Gasteiger partial charge in [-0.1, -0.05) is 11.6 Å². The Morgan fingerprint density at radius 2 is 2.11 bits per heavy atom. The topological polar surface area (TPSA) is 93.9 Å². The maximum atomic E-state index is 12.2. The maximum absolute atomic E-state index is 12.2. The summed E-state index contributed by atoms with van der Waals surface area (Å²) in [6, 6.07) is 7.58. The van der Waals surface area contributed by atoms with E-state index < -0.39 is 11.3 Å². The fourth-order valence-corrected chi connectivity index (χ4v) is 1.69. The Balaban J connectivity index is 2.54. The summed E-state index contributed by atoms with van der Waals surface area (Å²) < 4.78 is 0. The third-order valence-electron chi connectivity index (χ3n) is 2.68. The summed E-state index contributed by atoms with van der Waals surface area (Å²) in [6.45, 7) is 1.80. The number of aryl methyl sites for hydroxylation is 1. The SMILES string of the molecule is Cc1ccc(O)c(C(=O)c2c[nH]c(=O)c(C#N)c2)c1. The molecule has 0 saturated carbocycles. The Bertz CT molecular complexity index is 754. The quantitative estimate of drug-likeness (QED) is 0.794. The fourth-order valence-electron chi connectivity index (χ4n) is 1.69. The molecular weight excluding hydrogens is 244 g/mol. The Morgan fingerprint density at radius 3 is 2.79 bits per heavy atom. The number of pyridine rings is 1. The number of nitriles is 1. The predicted molar refractivity (Wildman–Crippen MR) is 68.1 cm³/mol. The molecule has 0 aliphatic rings. The van der Waals surface area contributed by atoms with Gasteiger partial charge in [-0.15, -0.1) is 0 Å². The summed E-state index contributed by atoms with van der Waals surface area (Å²) in [5, 5.41) is 18.5. The van der Waals surface area contributed by atoms with E-state index in [1.54, 1.807) is 25.1 Å². The zero-order chi connectivity index (χ0) is 14.0. The molecule has 0 bridgehead atoms. The minimum atomic E-state index is -0.549. The minimum absolute atomic E-state index is 0.135. The van der Waals surface area contributed by atoms with Crippen LogP contribution in [0.3, 0.4) is 0 Å². The highest BCUT2D eigenvalue weighted by molar-refractivity contribution is 6.10.